The molecule has 4 N–H and O–H groups in total. The number of imidazole rings is 1. The number of hydrazine groups is 1. The number of fused-ring (bicyclic) bond motifs is 1. The van der Waals surface area contributed by atoms with Crippen LogP contribution in [0.15, 0.2) is 42.9 Å². The number of nitrogens with zero attached hydrogens (tertiary/aromatic N) is 3. The van der Waals surface area contributed by atoms with Gasteiger partial charge in [-0.15, -0.1) is 0 Å². The number of hydrogen-bond acceptors (Lipinski definition) is 5. The van der Waals surface area contributed by atoms with Crippen molar-refractivity contribution >= 4 is 23.0 Å². The Hall–Kier alpha value is -2.60. The highest BCUT2D eigenvalue weighted by atomic mass is 15.3. The number of rotatable bonds is 4. The van der Waals surface area contributed by atoms with Gasteiger partial charge in [-0.25, -0.2) is 15.8 Å². The van der Waals surface area contributed by atoms with E-state index in [4.69, 9.17) is 5.84 Å². The summed E-state index contributed by atoms with van der Waals surface area (Å²) >= 11 is 0. The van der Waals surface area contributed by atoms with Crippen LogP contribution in [-0.2, 0) is 0 Å². The van der Waals surface area contributed by atoms with Crippen molar-refractivity contribution in [3.8, 4) is 0 Å². The van der Waals surface area contributed by atoms with E-state index in [9.17, 15) is 0 Å². The largest absolute Gasteiger partial charge is 0.337 e. The maximum atomic E-state index is 5.46. The molecule has 2 heterocycles. The van der Waals surface area contributed by atoms with Crippen LogP contribution in [0.3, 0.4) is 0 Å². The van der Waals surface area contributed by atoms with Gasteiger partial charge in [0.15, 0.2) is 17.3 Å². The molecule has 0 aliphatic carbocycles. The van der Waals surface area contributed by atoms with Gasteiger partial charge < -0.3 is 15.1 Å². The first-order valence-corrected chi connectivity index (χ1v) is 6.84. The fourth-order valence-electron chi connectivity index (χ4n) is 2.20. The second-order valence-electron chi connectivity index (χ2n) is 5.18. The van der Waals surface area contributed by atoms with Gasteiger partial charge in [-0.1, -0.05) is 26.0 Å². The fraction of sp³-hybridized carbons (Fsp3) is 0.200. The van der Waals surface area contributed by atoms with E-state index in [2.05, 4.69) is 46.7 Å². The van der Waals surface area contributed by atoms with E-state index in [-0.39, 0.29) is 0 Å². The van der Waals surface area contributed by atoms with Crippen LogP contribution in [0.4, 0.5) is 17.3 Å². The van der Waals surface area contributed by atoms with Gasteiger partial charge in [0, 0.05) is 18.1 Å². The average molecular weight is 282 g/mol. The van der Waals surface area contributed by atoms with Crippen molar-refractivity contribution in [2.75, 3.05) is 10.7 Å². The summed E-state index contributed by atoms with van der Waals surface area (Å²) in [5, 5.41) is 3.31. The van der Waals surface area contributed by atoms with Gasteiger partial charge >= 0.3 is 0 Å². The third-order valence-electron chi connectivity index (χ3n) is 3.34. The lowest BCUT2D eigenvalue weighted by Gasteiger charge is -2.11. The van der Waals surface area contributed by atoms with E-state index in [0.717, 1.165) is 11.3 Å². The first-order chi connectivity index (χ1) is 10.2. The van der Waals surface area contributed by atoms with Gasteiger partial charge in [-0.3, -0.25) is 0 Å². The van der Waals surface area contributed by atoms with E-state index >= 15 is 0 Å². The first kappa shape index (κ1) is 13.4. The van der Waals surface area contributed by atoms with Crippen LogP contribution in [0.2, 0.25) is 0 Å². The summed E-state index contributed by atoms with van der Waals surface area (Å²) in [5.74, 6) is 7.17. The minimum atomic E-state index is 0.475. The zero-order valence-electron chi connectivity index (χ0n) is 12.0. The zero-order chi connectivity index (χ0) is 14.8. The van der Waals surface area contributed by atoms with Crippen molar-refractivity contribution in [3.05, 3.63) is 48.4 Å². The molecule has 6 nitrogen and oxygen atoms in total. The van der Waals surface area contributed by atoms with Crippen LogP contribution in [0.1, 0.15) is 25.3 Å². The molecule has 0 aliphatic rings. The summed E-state index contributed by atoms with van der Waals surface area (Å²) in [4.78, 5) is 8.75. The van der Waals surface area contributed by atoms with Gasteiger partial charge in [0.1, 0.15) is 0 Å². The molecule has 0 amide bonds. The van der Waals surface area contributed by atoms with Crippen LogP contribution in [-0.4, -0.2) is 14.4 Å². The topological polar surface area (TPSA) is 80.3 Å². The molecule has 6 heteroatoms. The summed E-state index contributed by atoms with van der Waals surface area (Å²) in [7, 11) is 0. The van der Waals surface area contributed by atoms with Crippen molar-refractivity contribution < 1.29 is 0 Å². The van der Waals surface area contributed by atoms with Gasteiger partial charge in [-0.2, -0.15) is 0 Å². The highest BCUT2D eigenvalue weighted by molar-refractivity contribution is 5.71. The minimum Gasteiger partial charge on any atom is -0.337 e. The molecule has 0 aliphatic heterocycles. The van der Waals surface area contributed by atoms with E-state index < -0.39 is 0 Å². The Bertz CT molecular complexity index is 762. The Kier molecular flexibility index (Phi) is 3.45. The van der Waals surface area contributed by atoms with Crippen molar-refractivity contribution in [3.63, 3.8) is 0 Å². The molecule has 2 aromatic heterocycles. The molecule has 0 fully saturated rings. The lowest BCUT2D eigenvalue weighted by atomic mass is 10.0. The summed E-state index contributed by atoms with van der Waals surface area (Å²) in [6.45, 7) is 4.34. The second kappa shape index (κ2) is 5.41. The molecule has 3 rings (SSSR count). The Morgan fingerprint density at radius 3 is 2.90 bits per heavy atom. The van der Waals surface area contributed by atoms with Crippen LogP contribution < -0.4 is 16.6 Å². The third-order valence-corrected chi connectivity index (χ3v) is 3.34. The number of nitrogen functional groups attached to an aromatic ring is 1. The molecule has 0 spiro atoms. The molecule has 0 bridgehead atoms. The Morgan fingerprint density at radius 2 is 2.14 bits per heavy atom. The van der Waals surface area contributed by atoms with Crippen molar-refractivity contribution in [2.24, 2.45) is 5.84 Å². The lowest BCUT2D eigenvalue weighted by molar-refractivity contribution is 0.867. The van der Waals surface area contributed by atoms with Crippen LogP contribution in [0.5, 0.6) is 0 Å². The molecule has 0 atom stereocenters. The molecule has 21 heavy (non-hydrogen) atoms. The molecular formula is C15H18N6. The molecule has 0 radical (unpaired) electrons. The average Bonchev–Trinajstić information content (AvgIpc) is 2.96. The predicted octanol–water partition coefficient (Wildman–Crippen LogP) is 2.88. The van der Waals surface area contributed by atoms with E-state index in [0.29, 0.717) is 17.6 Å². The zero-order valence-corrected chi connectivity index (χ0v) is 12.0. The Balaban J connectivity index is 2.01. The second-order valence-corrected chi connectivity index (χ2v) is 5.18. The highest BCUT2D eigenvalue weighted by Crippen LogP contribution is 2.23. The number of nitrogens with one attached hydrogen (secondary N) is 2. The number of nitrogens with two attached hydrogens (primary N) is 1. The van der Waals surface area contributed by atoms with E-state index in [1.165, 1.54) is 5.56 Å². The third kappa shape index (κ3) is 2.66. The Morgan fingerprint density at radius 1 is 1.29 bits per heavy atom. The number of aromatic nitrogens is 3. The Labute approximate surface area is 123 Å². The quantitative estimate of drug-likeness (QED) is 0.506. The van der Waals surface area contributed by atoms with E-state index in [1.54, 1.807) is 12.4 Å². The monoisotopic (exact) mass is 282 g/mol. The summed E-state index contributed by atoms with van der Waals surface area (Å²) < 4.78 is 1.87. The molecule has 3 aromatic rings. The van der Waals surface area contributed by atoms with Crippen LogP contribution in [0, 0.1) is 0 Å². The first-order valence-electron chi connectivity index (χ1n) is 6.84. The lowest BCUT2D eigenvalue weighted by Crippen LogP contribution is -2.11. The predicted molar refractivity (Wildman–Crippen MR) is 84.6 cm³/mol. The standard InChI is InChI=1S/C15H18N6/c1-10(2)11-4-3-5-12(8-11)18-14-15-17-6-7-21(15)9-13(19-14)20-16/h3-10,20H,16H2,1-2H3,(H,18,19). The van der Waals surface area contributed by atoms with Crippen LogP contribution >= 0.6 is 0 Å². The van der Waals surface area contributed by atoms with Crippen molar-refractivity contribution in [2.45, 2.75) is 19.8 Å². The summed E-state index contributed by atoms with van der Waals surface area (Å²) in [6.07, 6.45) is 5.37. The van der Waals surface area contributed by atoms with Gasteiger partial charge in [0.25, 0.3) is 0 Å². The van der Waals surface area contributed by atoms with Crippen LogP contribution in [0.25, 0.3) is 5.65 Å². The van der Waals surface area contributed by atoms with Gasteiger partial charge in [0.2, 0.25) is 0 Å². The minimum absolute atomic E-state index is 0.475. The normalized spacial score (nSPS) is 11.0. The maximum Gasteiger partial charge on any atom is 0.180 e. The number of anilines is 3. The molecule has 0 saturated heterocycles. The number of benzene rings is 1. The molecule has 0 unspecified atom stereocenters. The van der Waals surface area contributed by atoms with Crippen molar-refractivity contribution in [1.29, 1.82) is 0 Å². The molecule has 1 aromatic carbocycles. The smallest absolute Gasteiger partial charge is 0.180 e. The van der Waals surface area contributed by atoms with E-state index in [1.807, 2.05) is 22.7 Å². The van der Waals surface area contributed by atoms with Gasteiger partial charge in [0.05, 0.1) is 6.20 Å². The highest BCUT2D eigenvalue weighted by Gasteiger charge is 2.08. The molecule has 0 saturated carbocycles. The fourth-order valence-corrected chi connectivity index (χ4v) is 2.20. The van der Waals surface area contributed by atoms with Gasteiger partial charge in [-0.05, 0) is 23.6 Å². The molecule has 108 valence electrons. The molecular weight excluding hydrogens is 264 g/mol. The summed E-state index contributed by atoms with van der Waals surface area (Å²) in [6, 6.07) is 8.28. The SMILES string of the molecule is CC(C)c1cccc(Nc2nc(NN)cn3ccnc23)c1. The van der Waals surface area contributed by atoms with Crippen molar-refractivity contribution in [1.82, 2.24) is 14.4 Å². The summed E-state index contributed by atoms with van der Waals surface area (Å²) in [5.41, 5.74) is 5.57. The number of hydrogen-bond donors (Lipinski definition) is 3. The maximum absolute atomic E-state index is 5.46.